The van der Waals surface area contributed by atoms with Gasteiger partial charge in [-0.15, -0.1) is 0 Å². The third-order valence-electron chi connectivity index (χ3n) is 3.43. The highest BCUT2D eigenvalue weighted by Crippen LogP contribution is 2.17. The van der Waals surface area contributed by atoms with Crippen LogP contribution in [0.15, 0.2) is 9.59 Å². The molecule has 116 valence electrons. The number of likely N-dealkylation sites (N-methyl/N-ethyl adjacent to an activating group) is 1. The zero-order valence-corrected chi connectivity index (χ0v) is 13.5. The number of anilines is 1. The summed E-state index contributed by atoms with van der Waals surface area (Å²) in [6.45, 7) is 5.32. The molecule has 1 heterocycles. The first-order chi connectivity index (χ1) is 9.72. The Morgan fingerprint density at radius 2 is 1.71 bits per heavy atom. The third kappa shape index (κ3) is 3.34. The molecule has 0 spiro atoms. The number of rotatable bonds is 5. The summed E-state index contributed by atoms with van der Waals surface area (Å²) in [6.07, 6.45) is 0. The first-order valence-corrected chi connectivity index (χ1v) is 6.83. The lowest BCUT2D eigenvalue weighted by molar-refractivity contribution is 0.406. The van der Waals surface area contributed by atoms with Gasteiger partial charge in [0.1, 0.15) is 11.9 Å². The Hall–Kier alpha value is -2.07. The van der Waals surface area contributed by atoms with E-state index in [9.17, 15) is 14.9 Å². The van der Waals surface area contributed by atoms with Crippen LogP contribution in [0.3, 0.4) is 0 Å². The van der Waals surface area contributed by atoms with Gasteiger partial charge in [0.15, 0.2) is 5.56 Å². The number of hydrogen-bond donors (Lipinski definition) is 0. The molecule has 7 nitrogen and oxygen atoms in total. The maximum Gasteiger partial charge on any atom is 0.332 e. The molecule has 0 saturated heterocycles. The van der Waals surface area contributed by atoms with Crippen LogP contribution in [0.25, 0.3) is 0 Å². The fourth-order valence-corrected chi connectivity index (χ4v) is 2.18. The molecule has 0 aliphatic heterocycles. The molecule has 1 rings (SSSR count). The van der Waals surface area contributed by atoms with Crippen molar-refractivity contribution in [2.75, 3.05) is 32.1 Å². The second-order valence-electron chi connectivity index (χ2n) is 5.61. The van der Waals surface area contributed by atoms with Gasteiger partial charge in [-0.3, -0.25) is 13.9 Å². The molecule has 0 radical (unpaired) electrons. The van der Waals surface area contributed by atoms with Crippen LogP contribution in [0.2, 0.25) is 0 Å². The lowest BCUT2D eigenvalue weighted by atomic mass is 10.2. The molecule has 0 aliphatic carbocycles. The summed E-state index contributed by atoms with van der Waals surface area (Å²) in [5, 5.41) is 9.33. The highest BCUT2D eigenvalue weighted by molar-refractivity contribution is 5.54. The summed E-state index contributed by atoms with van der Waals surface area (Å²) >= 11 is 0. The van der Waals surface area contributed by atoms with Crippen molar-refractivity contribution in [3.05, 3.63) is 26.4 Å². The van der Waals surface area contributed by atoms with Crippen molar-refractivity contribution >= 4 is 5.82 Å². The minimum absolute atomic E-state index is 0.00653. The van der Waals surface area contributed by atoms with E-state index in [1.165, 1.54) is 11.6 Å². The topological polar surface area (TPSA) is 74.3 Å². The molecule has 0 N–H and O–H groups in total. The first kappa shape index (κ1) is 17.0. The molecule has 1 aromatic heterocycles. The number of nitrogens with zero attached hydrogens (tertiary/aromatic N) is 5. The number of aromatic nitrogens is 2. The van der Waals surface area contributed by atoms with Gasteiger partial charge in [-0.05, 0) is 27.9 Å². The van der Waals surface area contributed by atoms with Crippen LogP contribution in [0, 0.1) is 11.3 Å². The van der Waals surface area contributed by atoms with E-state index in [4.69, 9.17) is 0 Å². The van der Waals surface area contributed by atoms with E-state index in [1.54, 1.807) is 7.05 Å². The summed E-state index contributed by atoms with van der Waals surface area (Å²) in [5.74, 6) is 0.391. The van der Waals surface area contributed by atoms with Crippen LogP contribution in [-0.4, -0.2) is 47.3 Å². The summed E-state index contributed by atoms with van der Waals surface area (Å²) in [4.78, 5) is 28.2. The molecule has 0 saturated carbocycles. The average Bonchev–Trinajstić information content (AvgIpc) is 2.41. The Balaban J connectivity index is 3.55. The predicted octanol–water partition coefficient (Wildman–Crippen LogP) is -0.268. The fourth-order valence-electron chi connectivity index (χ4n) is 2.18. The monoisotopic (exact) mass is 293 g/mol. The number of hydrogen-bond acceptors (Lipinski definition) is 5. The van der Waals surface area contributed by atoms with E-state index in [2.05, 4.69) is 0 Å². The van der Waals surface area contributed by atoms with Crippen molar-refractivity contribution in [3.8, 4) is 6.07 Å². The van der Waals surface area contributed by atoms with Gasteiger partial charge in [-0.2, -0.15) is 5.26 Å². The molecule has 21 heavy (non-hydrogen) atoms. The molecule has 0 bridgehead atoms. The summed E-state index contributed by atoms with van der Waals surface area (Å²) in [7, 11) is 6.87. The van der Waals surface area contributed by atoms with Gasteiger partial charge in [0, 0.05) is 33.2 Å². The number of nitriles is 1. The standard InChI is InChI=1S/C14H23N5O2/c1-10(2)19(8-7-16(3)4)12-11(9-15)13(20)18(6)14(21)17(12)5/h10H,7-8H2,1-6H3. The maximum atomic E-state index is 12.1. The Kier molecular flexibility index (Phi) is 5.33. The van der Waals surface area contributed by atoms with Crippen molar-refractivity contribution in [2.45, 2.75) is 19.9 Å². The van der Waals surface area contributed by atoms with Gasteiger partial charge >= 0.3 is 5.69 Å². The van der Waals surface area contributed by atoms with Gasteiger partial charge in [0.2, 0.25) is 0 Å². The third-order valence-corrected chi connectivity index (χ3v) is 3.43. The second-order valence-corrected chi connectivity index (χ2v) is 5.61. The molecule has 0 aliphatic rings. The van der Waals surface area contributed by atoms with Crippen LogP contribution in [-0.2, 0) is 14.1 Å². The Morgan fingerprint density at radius 3 is 2.14 bits per heavy atom. The van der Waals surface area contributed by atoms with Crippen LogP contribution in [0.4, 0.5) is 5.82 Å². The normalized spacial score (nSPS) is 11.0. The van der Waals surface area contributed by atoms with Crippen molar-refractivity contribution < 1.29 is 0 Å². The lowest BCUT2D eigenvalue weighted by Crippen LogP contribution is -2.46. The van der Waals surface area contributed by atoms with E-state index in [0.29, 0.717) is 12.4 Å². The van der Waals surface area contributed by atoms with Crippen molar-refractivity contribution in [3.63, 3.8) is 0 Å². The van der Waals surface area contributed by atoms with Gasteiger partial charge in [0.25, 0.3) is 5.56 Å². The van der Waals surface area contributed by atoms with E-state index >= 15 is 0 Å². The van der Waals surface area contributed by atoms with Gasteiger partial charge in [-0.1, -0.05) is 0 Å². The van der Waals surface area contributed by atoms with Gasteiger partial charge in [-0.25, -0.2) is 4.79 Å². The van der Waals surface area contributed by atoms with Gasteiger partial charge < -0.3 is 9.80 Å². The average molecular weight is 293 g/mol. The van der Waals surface area contributed by atoms with Crippen LogP contribution >= 0.6 is 0 Å². The van der Waals surface area contributed by atoms with E-state index in [0.717, 1.165) is 11.1 Å². The van der Waals surface area contributed by atoms with Crippen LogP contribution < -0.4 is 16.1 Å². The van der Waals surface area contributed by atoms with Crippen molar-refractivity contribution in [1.29, 1.82) is 5.26 Å². The molecule has 0 unspecified atom stereocenters. The second kappa shape index (κ2) is 6.59. The minimum atomic E-state index is -0.550. The zero-order valence-electron chi connectivity index (χ0n) is 13.5. The van der Waals surface area contributed by atoms with Crippen LogP contribution in [0.1, 0.15) is 19.4 Å². The maximum absolute atomic E-state index is 12.1. The van der Waals surface area contributed by atoms with Crippen molar-refractivity contribution in [2.24, 2.45) is 14.1 Å². The molecule has 0 fully saturated rings. The summed E-state index contributed by atoms with van der Waals surface area (Å²) in [5.41, 5.74) is -0.970. The Labute approximate surface area is 124 Å². The fraction of sp³-hybridized carbons (Fsp3) is 0.643. The quantitative estimate of drug-likeness (QED) is 0.747. The molecular formula is C14H23N5O2. The Bertz CT molecular complexity index is 664. The van der Waals surface area contributed by atoms with E-state index in [1.807, 2.05) is 43.8 Å². The highest BCUT2D eigenvalue weighted by atomic mass is 16.2. The highest BCUT2D eigenvalue weighted by Gasteiger charge is 2.22. The zero-order chi connectivity index (χ0) is 16.3. The molecule has 0 atom stereocenters. The molecular weight excluding hydrogens is 270 g/mol. The van der Waals surface area contributed by atoms with Crippen LogP contribution in [0.5, 0.6) is 0 Å². The van der Waals surface area contributed by atoms with E-state index < -0.39 is 11.2 Å². The predicted molar refractivity (Wildman–Crippen MR) is 82.7 cm³/mol. The lowest BCUT2D eigenvalue weighted by Gasteiger charge is -2.32. The Morgan fingerprint density at radius 1 is 1.14 bits per heavy atom. The smallest absolute Gasteiger partial charge is 0.332 e. The first-order valence-electron chi connectivity index (χ1n) is 6.83. The molecule has 1 aromatic rings. The van der Waals surface area contributed by atoms with Crippen molar-refractivity contribution in [1.82, 2.24) is 14.0 Å². The minimum Gasteiger partial charge on any atom is -0.353 e. The molecule has 0 amide bonds. The summed E-state index contributed by atoms with van der Waals surface area (Å²) < 4.78 is 2.34. The summed E-state index contributed by atoms with van der Waals surface area (Å²) in [6, 6.07) is 2.01. The largest absolute Gasteiger partial charge is 0.353 e. The molecule has 7 heteroatoms. The van der Waals surface area contributed by atoms with E-state index in [-0.39, 0.29) is 11.6 Å². The van der Waals surface area contributed by atoms with Gasteiger partial charge in [0.05, 0.1) is 0 Å². The molecule has 0 aromatic carbocycles. The SMILES string of the molecule is CC(C)N(CCN(C)C)c1c(C#N)c(=O)n(C)c(=O)n1C.